The first-order chi connectivity index (χ1) is 10.2. The summed E-state index contributed by atoms with van der Waals surface area (Å²) in [5.41, 5.74) is -0.252. The van der Waals surface area contributed by atoms with Crippen molar-refractivity contribution < 1.29 is 19.3 Å². The van der Waals surface area contributed by atoms with E-state index in [0.717, 1.165) is 10.9 Å². The SMILES string of the molecule is N#CC1(C(O)c2cc(Br)c3c(c2)OCCCO3)CCOC1. The lowest BCUT2D eigenvalue weighted by atomic mass is 9.79. The summed E-state index contributed by atoms with van der Waals surface area (Å²) in [5.74, 6) is 1.25. The van der Waals surface area contributed by atoms with Gasteiger partial charge < -0.3 is 19.3 Å². The van der Waals surface area contributed by atoms with E-state index in [9.17, 15) is 10.4 Å². The standard InChI is InChI=1S/C15H16BrNO4/c16-11-6-10(7-12-13(11)21-4-1-3-20-12)14(18)15(8-17)2-5-19-9-15/h6-7,14,18H,1-5,9H2. The highest BCUT2D eigenvalue weighted by atomic mass is 79.9. The normalized spacial score (nSPS) is 26.0. The predicted molar refractivity (Wildman–Crippen MR) is 78.2 cm³/mol. The number of ether oxygens (including phenoxy) is 3. The summed E-state index contributed by atoms with van der Waals surface area (Å²) in [4.78, 5) is 0. The fourth-order valence-corrected chi connectivity index (χ4v) is 3.25. The first-order valence-corrected chi connectivity index (χ1v) is 7.72. The molecule has 5 nitrogen and oxygen atoms in total. The maximum Gasteiger partial charge on any atom is 0.175 e. The third kappa shape index (κ3) is 2.61. The molecular weight excluding hydrogens is 338 g/mol. The monoisotopic (exact) mass is 353 g/mol. The van der Waals surface area contributed by atoms with Crippen LogP contribution in [0.4, 0.5) is 0 Å². The number of rotatable bonds is 2. The molecule has 2 atom stereocenters. The Morgan fingerprint density at radius 1 is 1.29 bits per heavy atom. The Bertz CT molecular complexity index is 578. The second-order valence-corrected chi connectivity index (χ2v) is 6.21. The first kappa shape index (κ1) is 14.6. The Morgan fingerprint density at radius 2 is 2.10 bits per heavy atom. The van der Waals surface area contributed by atoms with Crippen molar-refractivity contribution in [1.82, 2.24) is 0 Å². The number of halogens is 1. The summed E-state index contributed by atoms with van der Waals surface area (Å²) >= 11 is 3.45. The number of aliphatic hydroxyl groups excluding tert-OH is 1. The maximum absolute atomic E-state index is 10.6. The topological polar surface area (TPSA) is 71.7 Å². The summed E-state index contributed by atoms with van der Waals surface area (Å²) in [6.45, 7) is 1.92. The molecule has 21 heavy (non-hydrogen) atoms. The zero-order chi connectivity index (χ0) is 14.9. The molecule has 0 aromatic heterocycles. The van der Waals surface area contributed by atoms with E-state index in [1.165, 1.54) is 0 Å². The van der Waals surface area contributed by atoms with Gasteiger partial charge in [0.25, 0.3) is 0 Å². The van der Waals surface area contributed by atoms with Gasteiger partial charge in [-0.15, -0.1) is 0 Å². The number of nitriles is 1. The predicted octanol–water partition coefficient (Wildman–Crippen LogP) is 2.57. The number of aliphatic hydroxyl groups is 1. The van der Waals surface area contributed by atoms with Crippen molar-refractivity contribution in [2.75, 3.05) is 26.4 Å². The molecule has 0 aliphatic carbocycles. The molecule has 2 heterocycles. The molecule has 3 rings (SSSR count). The van der Waals surface area contributed by atoms with Crippen LogP contribution in [0.1, 0.15) is 24.5 Å². The van der Waals surface area contributed by atoms with Gasteiger partial charge in [0.2, 0.25) is 0 Å². The Balaban J connectivity index is 1.97. The van der Waals surface area contributed by atoms with Crippen LogP contribution >= 0.6 is 15.9 Å². The van der Waals surface area contributed by atoms with Crippen LogP contribution in [-0.2, 0) is 4.74 Å². The van der Waals surface area contributed by atoms with E-state index in [1.54, 1.807) is 12.1 Å². The van der Waals surface area contributed by atoms with E-state index in [2.05, 4.69) is 22.0 Å². The van der Waals surface area contributed by atoms with Gasteiger partial charge >= 0.3 is 0 Å². The van der Waals surface area contributed by atoms with Crippen molar-refractivity contribution in [3.63, 3.8) is 0 Å². The molecular formula is C15H16BrNO4. The first-order valence-electron chi connectivity index (χ1n) is 6.92. The highest BCUT2D eigenvalue weighted by Gasteiger charge is 2.43. The fourth-order valence-electron chi connectivity index (χ4n) is 2.67. The Morgan fingerprint density at radius 3 is 2.81 bits per heavy atom. The molecule has 6 heteroatoms. The average Bonchev–Trinajstić information content (AvgIpc) is 2.86. The minimum absolute atomic E-state index is 0.247. The molecule has 2 aliphatic rings. The van der Waals surface area contributed by atoms with Gasteiger partial charge in [-0.1, -0.05) is 0 Å². The highest BCUT2D eigenvalue weighted by molar-refractivity contribution is 9.10. The van der Waals surface area contributed by atoms with Crippen LogP contribution in [0.5, 0.6) is 11.5 Å². The zero-order valence-electron chi connectivity index (χ0n) is 11.5. The van der Waals surface area contributed by atoms with E-state index in [0.29, 0.717) is 43.3 Å². The van der Waals surface area contributed by atoms with E-state index < -0.39 is 11.5 Å². The largest absolute Gasteiger partial charge is 0.490 e. The molecule has 112 valence electrons. The summed E-state index contributed by atoms with van der Waals surface area (Å²) in [6, 6.07) is 5.77. The molecule has 1 N–H and O–H groups in total. The summed E-state index contributed by atoms with van der Waals surface area (Å²) < 4.78 is 17.3. The Labute approximate surface area is 131 Å². The van der Waals surface area contributed by atoms with Crippen LogP contribution in [-0.4, -0.2) is 31.5 Å². The molecule has 0 bridgehead atoms. The minimum Gasteiger partial charge on any atom is -0.490 e. The van der Waals surface area contributed by atoms with Crippen LogP contribution < -0.4 is 9.47 Å². The lowest BCUT2D eigenvalue weighted by molar-refractivity contribution is 0.0501. The van der Waals surface area contributed by atoms with Crippen molar-refractivity contribution in [1.29, 1.82) is 5.26 Å². The number of hydrogen-bond acceptors (Lipinski definition) is 5. The van der Waals surface area contributed by atoms with Crippen LogP contribution in [0.25, 0.3) is 0 Å². The summed E-state index contributed by atoms with van der Waals surface area (Å²) in [5, 5.41) is 20.1. The van der Waals surface area contributed by atoms with E-state index in [4.69, 9.17) is 14.2 Å². The molecule has 1 aromatic carbocycles. The second-order valence-electron chi connectivity index (χ2n) is 5.35. The number of nitrogens with zero attached hydrogens (tertiary/aromatic N) is 1. The Hall–Kier alpha value is -1.29. The molecule has 0 saturated carbocycles. The van der Waals surface area contributed by atoms with Crippen LogP contribution in [0, 0.1) is 16.7 Å². The van der Waals surface area contributed by atoms with Gasteiger partial charge in [-0.3, -0.25) is 0 Å². The lowest BCUT2D eigenvalue weighted by Gasteiger charge is -2.26. The fraction of sp³-hybridized carbons (Fsp3) is 0.533. The quantitative estimate of drug-likeness (QED) is 0.884. The molecule has 1 aromatic rings. The van der Waals surface area contributed by atoms with Crippen LogP contribution in [0.2, 0.25) is 0 Å². The van der Waals surface area contributed by atoms with Crippen molar-refractivity contribution in [3.05, 3.63) is 22.2 Å². The van der Waals surface area contributed by atoms with Crippen molar-refractivity contribution in [3.8, 4) is 17.6 Å². The molecule has 0 amide bonds. The summed E-state index contributed by atoms with van der Waals surface area (Å²) in [6.07, 6.45) is 0.421. The van der Waals surface area contributed by atoms with Crippen molar-refractivity contribution >= 4 is 15.9 Å². The number of benzene rings is 1. The van der Waals surface area contributed by atoms with E-state index in [-0.39, 0.29) is 6.61 Å². The van der Waals surface area contributed by atoms with Gasteiger partial charge in [0.1, 0.15) is 11.5 Å². The highest BCUT2D eigenvalue weighted by Crippen LogP contribution is 2.45. The lowest BCUT2D eigenvalue weighted by Crippen LogP contribution is -2.27. The maximum atomic E-state index is 10.6. The molecule has 1 saturated heterocycles. The van der Waals surface area contributed by atoms with Gasteiger partial charge in [-0.2, -0.15) is 5.26 Å². The van der Waals surface area contributed by atoms with Gasteiger partial charge in [-0.25, -0.2) is 0 Å². The van der Waals surface area contributed by atoms with Crippen LogP contribution in [0.3, 0.4) is 0 Å². The zero-order valence-corrected chi connectivity index (χ0v) is 13.1. The second kappa shape index (κ2) is 5.84. The average molecular weight is 354 g/mol. The third-order valence-electron chi connectivity index (χ3n) is 3.94. The van der Waals surface area contributed by atoms with E-state index >= 15 is 0 Å². The molecule has 0 spiro atoms. The number of hydrogen-bond donors (Lipinski definition) is 1. The summed E-state index contributed by atoms with van der Waals surface area (Å²) in [7, 11) is 0. The number of fused-ring (bicyclic) bond motifs is 1. The van der Waals surface area contributed by atoms with Gasteiger partial charge in [0, 0.05) is 13.0 Å². The third-order valence-corrected chi connectivity index (χ3v) is 4.53. The van der Waals surface area contributed by atoms with Gasteiger partial charge in [0.15, 0.2) is 11.5 Å². The molecule has 2 unspecified atom stereocenters. The smallest absolute Gasteiger partial charge is 0.175 e. The van der Waals surface area contributed by atoms with Crippen molar-refractivity contribution in [2.45, 2.75) is 18.9 Å². The molecule has 2 aliphatic heterocycles. The van der Waals surface area contributed by atoms with E-state index in [1.807, 2.05) is 0 Å². The van der Waals surface area contributed by atoms with Crippen molar-refractivity contribution in [2.24, 2.45) is 5.41 Å². The molecule has 1 fully saturated rings. The Kier molecular flexibility index (Phi) is 4.07. The van der Waals surface area contributed by atoms with Gasteiger partial charge in [-0.05, 0) is 40.0 Å². The van der Waals surface area contributed by atoms with Crippen LogP contribution in [0.15, 0.2) is 16.6 Å². The van der Waals surface area contributed by atoms with Gasteiger partial charge in [0.05, 0.1) is 30.4 Å². The minimum atomic E-state index is -0.918. The molecule has 0 radical (unpaired) electrons.